The van der Waals surface area contributed by atoms with Gasteiger partial charge in [0.1, 0.15) is 5.82 Å². The lowest BCUT2D eigenvalue weighted by atomic mass is 9.86. The van der Waals surface area contributed by atoms with Crippen LogP contribution in [-0.2, 0) is 12.0 Å². The smallest absolute Gasteiger partial charge is 0.257 e. The van der Waals surface area contributed by atoms with Gasteiger partial charge in [0.2, 0.25) is 5.88 Å². The first-order chi connectivity index (χ1) is 12.3. The number of fused-ring (bicyclic) bond motifs is 2. The van der Waals surface area contributed by atoms with Gasteiger partial charge in [-0.2, -0.15) is 4.98 Å². The largest absolute Gasteiger partial charge is 0.493 e. The van der Waals surface area contributed by atoms with Gasteiger partial charge in [0, 0.05) is 5.92 Å². The first-order valence-corrected chi connectivity index (χ1v) is 9.71. The molecule has 4 nitrogen and oxygen atoms in total. The molecule has 0 amide bonds. The van der Waals surface area contributed by atoms with Crippen LogP contribution in [0, 0.1) is 11.8 Å². The zero-order valence-corrected chi connectivity index (χ0v) is 15.9. The second-order valence-electron chi connectivity index (χ2n) is 9.13. The molecule has 4 heteroatoms. The fourth-order valence-corrected chi connectivity index (χ4v) is 4.81. The lowest BCUT2D eigenvalue weighted by Crippen LogP contribution is -2.28. The molecule has 2 aromatic rings. The maximum Gasteiger partial charge on any atom is 0.257 e. The van der Waals surface area contributed by atoms with Crippen molar-refractivity contribution in [3.63, 3.8) is 0 Å². The van der Waals surface area contributed by atoms with E-state index in [-0.39, 0.29) is 16.9 Å². The third-order valence-electron chi connectivity index (χ3n) is 6.25. The Bertz CT molecular complexity index is 861. The highest BCUT2D eigenvalue weighted by Crippen LogP contribution is 2.52. The number of benzene rings is 1. The number of aromatic hydroxyl groups is 1. The molecular formula is C22H28N2O2. The third kappa shape index (κ3) is 3.17. The van der Waals surface area contributed by atoms with Crippen molar-refractivity contribution in [2.45, 2.75) is 64.3 Å². The van der Waals surface area contributed by atoms with Gasteiger partial charge in [0.25, 0.3) is 5.56 Å². The topological polar surface area (TPSA) is 55.1 Å². The minimum absolute atomic E-state index is 0.115. The van der Waals surface area contributed by atoms with Crippen LogP contribution in [0.1, 0.15) is 69.3 Å². The molecule has 2 aliphatic rings. The van der Waals surface area contributed by atoms with Crippen molar-refractivity contribution >= 4 is 0 Å². The number of hydrogen-bond acceptors (Lipinski definition) is 3. The predicted octanol–water partition coefficient (Wildman–Crippen LogP) is 4.20. The summed E-state index contributed by atoms with van der Waals surface area (Å²) in [6, 6.07) is 9.73. The Morgan fingerprint density at radius 1 is 1.15 bits per heavy atom. The van der Waals surface area contributed by atoms with Gasteiger partial charge in [0.15, 0.2) is 0 Å². The van der Waals surface area contributed by atoms with Gasteiger partial charge in [-0.3, -0.25) is 9.36 Å². The van der Waals surface area contributed by atoms with Crippen LogP contribution in [0.5, 0.6) is 5.88 Å². The molecule has 1 N–H and O–H groups in total. The highest BCUT2D eigenvalue weighted by molar-refractivity contribution is 5.28. The maximum absolute atomic E-state index is 12.6. The molecule has 1 aromatic carbocycles. The van der Waals surface area contributed by atoms with E-state index in [1.54, 1.807) is 4.57 Å². The van der Waals surface area contributed by atoms with Gasteiger partial charge in [-0.05, 0) is 47.6 Å². The summed E-state index contributed by atoms with van der Waals surface area (Å²) in [6.07, 6.45) is 4.87. The SMILES string of the molecule is CC(C)(C)c1ccc(Cn2c(C3CC4CCC3C4)nc(O)cc2=O)cc1. The van der Waals surface area contributed by atoms with Gasteiger partial charge >= 0.3 is 0 Å². The van der Waals surface area contributed by atoms with E-state index in [1.165, 1.54) is 30.9 Å². The van der Waals surface area contributed by atoms with Crippen LogP contribution in [-0.4, -0.2) is 14.7 Å². The van der Waals surface area contributed by atoms with Crippen molar-refractivity contribution in [2.24, 2.45) is 11.8 Å². The number of aromatic nitrogens is 2. The Kier molecular flexibility index (Phi) is 4.17. The molecule has 26 heavy (non-hydrogen) atoms. The Morgan fingerprint density at radius 3 is 2.46 bits per heavy atom. The normalized spacial score (nSPS) is 25.0. The zero-order chi connectivity index (χ0) is 18.5. The van der Waals surface area contributed by atoms with Crippen LogP contribution in [0.15, 0.2) is 35.1 Å². The second-order valence-corrected chi connectivity index (χ2v) is 9.13. The standard InChI is InChI=1S/C22H28N2O2/c1-22(2,3)17-8-5-14(6-9-17)13-24-20(26)12-19(25)23-21(24)18-11-15-4-7-16(18)10-15/h5-6,8-9,12,15-16,18,25H,4,7,10-11,13H2,1-3H3. The summed E-state index contributed by atoms with van der Waals surface area (Å²) in [4.78, 5) is 17.0. The average molecular weight is 352 g/mol. The molecule has 3 atom stereocenters. The second kappa shape index (κ2) is 6.26. The van der Waals surface area contributed by atoms with Gasteiger partial charge in [-0.15, -0.1) is 0 Å². The Hall–Kier alpha value is -2.10. The molecule has 0 spiro atoms. The Balaban J connectivity index is 1.67. The molecule has 0 aliphatic heterocycles. The molecule has 4 rings (SSSR count). The molecule has 138 valence electrons. The highest BCUT2D eigenvalue weighted by atomic mass is 16.3. The van der Waals surface area contributed by atoms with Crippen molar-refractivity contribution < 1.29 is 5.11 Å². The maximum atomic E-state index is 12.6. The van der Waals surface area contributed by atoms with Crippen molar-refractivity contribution in [3.8, 4) is 5.88 Å². The van der Waals surface area contributed by atoms with Gasteiger partial charge < -0.3 is 5.11 Å². The van der Waals surface area contributed by atoms with Crippen LogP contribution in [0.2, 0.25) is 0 Å². The quantitative estimate of drug-likeness (QED) is 0.901. The Labute approximate surface area is 154 Å². The molecular weight excluding hydrogens is 324 g/mol. The first kappa shape index (κ1) is 17.3. The molecule has 0 saturated heterocycles. The lowest BCUT2D eigenvalue weighted by molar-refractivity contribution is 0.376. The van der Waals surface area contributed by atoms with E-state index in [4.69, 9.17) is 0 Å². The zero-order valence-electron chi connectivity index (χ0n) is 15.9. The van der Waals surface area contributed by atoms with Crippen molar-refractivity contribution in [1.82, 2.24) is 9.55 Å². The van der Waals surface area contributed by atoms with Crippen molar-refractivity contribution in [1.29, 1.82) is 0 Å². The van der Waals surface area contributed by atoms with Gasteiger partial charge in [-0.1, -0.05) is 51.5 Å². The molecule has 0 radical (unpaired) electrons. The first-order valence-electron chi connectivity index (χ1n) is 9.71. The average Bonchev–Trinajstić information content (AvgIpc) is 3.20. The third-order valence-corrected chi connectivity index (χ3v) is 6.25. The van der Waals surface area contributed by atoms with E-state index < -0.39 is 0 Å². The minimum Gasteiger partial charge on any atom is -0.493 e. The molecule has 2 saturated carbocycles. The van der Waals surface area contributed by atoms with E-state index in [2.05, 4.69) is 50.0 Å². The summed E-state index contributed by atoms with van der Waals surface area (Å²) in [7, 11) is 0. The highest BCUT2D eigenvalue weighted by Gasteiger charge is 2.42. The summed E-state index contributed by atoms with van der Waals surface area (Å²) in [5.74, 6) is 2.32. The van der Waals surface area contributed by atoms with E-state index >= 15 is 0 Å². The summed E-state index contributed by atoms with van der Waals surface area (Å²) in [5, 5.41) is 9.92. The van der Waals surface area contributed by atoms with Crippen LogP contribution in [0.4, 0.5) is 0 Å². The van der Waals surface area contributed by atoms with E-state index in [1.807, 2.05) is 0 Å². The van der Waals surface area contributed by atoms with Crippen molar-refractivity contribution in [2.75, 3.05) is 0 Å². The molecule has 1 aromatic heterocycles. The van der Waals surface area contributed by atoms with Crippen LogP contribution in [0.3, 0.4) is 0 Å². The fourth-order valence-electron chi connectivity index (χ4n) is 4.81. The summed E-state index contributed by atoms with van der Waals surface area (Å²) >= 11 is 0. The molecule has 2 aliphatic carbocycles. The predicted molar refractivity (Wildman–Crippen MR) is 103 cm³/mol. The van der Waals surface area contributed by atoms with Gasteiger partial charge in [0.05, 0.1) is 12.6 Å². The van der Waals surface area contributed by atoms with E-state index in [0.717, 1.165) is 23.7 Å². The summed E-state index contributed by atoms with van der Waals surface area (Å²) < 4.78 is 1.77. The van der Waals surface area contributed by atoms with E-state index in [0.29, 0.717) is 18.4 Å². The number of nitrogens with zero attached hydrogens (tertiary/aromatic N) is 2. The van der Waals surface area contributed by atoms with Crippen molar-refractivity contribution in [3.05, 3.63) is 57.6 Å². The molecule has 3 unspecified atom stereocenters. The fraction of sp³-hybridized carbons (Fsp3) is 0.545. The Morgan fingerprint density at radius 2 is 1.88 bits per heavy atom. The number of rotatable bonds is 3. The summed E-state index contributed by atoms with van der Waals surface area (Å²) in [5.41, 5.74) is 2.34. The monoisotopic (exact) mass is 352 g/mol. The van der Waals surface area contributed by atoms with E-state index in [9.17, 15) is 9.90 Å². The lowest BCUT2D eigenvalue weighted by Gasteiger charge is -2.24. The van der Waals surface area contributed by atoms with Crippen LogP contribution >= 0.6 is 0 Å². The molecule has 2 bridgehead atoms. The number of hydrogen-bond donors (Lipinski definition) is 1. The molecule has 1 heterocycles. The molecule has 2 fully saturated rings. The van der Waals surface area contributed by atoms with Crippen LogP contribution < -0.4 is 5.56 Å². The summed E-state index contributed by atoms with van der Waals surface area (Å²) in [6.45, 7) is 7.11. The minimum atomic E-state index is -0.157. The van der Waals surface area contributed by atoms with Gasteiger partial charge in [-0.25, -0.2) is 0 Å². The van der Waals surface area contributed by atoms with Crippen LogP contribution in [0.25, 0.3) is 0 Å².